The van der Waals surface area contributed by atoms with Crippen LogP contribution in [0, 0.1) is 5.82 Å². The van der Waals surface area contributed by atoms with Gasteiger partial charge in [-0.15, -0.1) is 0 Å². The zero-order valence-corrected chi connectivity index (χ0v) is 13.6. The largest absolute Gasteiger partial charge is 0.497 e. The summed E-state index contributed by atoms with van der Waals surface area (Å²) in [5.41, 5.74) is 1.75. The predicted molar refractivity (Wildman–Crippen MR) is 92.0 cm³/mol. The summed E-state index contributed by atoms with van der Waals surface area (Å²) in [6, 6.07) is 14.2. The Morgan fingerprint density at radius 3 is 2.62 bits per heavy atom. The molecular weight excluding hydrogens is 305 g/mol. The number of ether oxygens (including phenoxy) is 1. The molecule has 0 spiro atoms. The van der Waals surface area contributed by atoms with Gasteiger partial charge in [-0.3, -0.25) is 4.79 Å². The van der Waals surface area contributed by atoms with Gasteiger partial charge in [0, 0.05) is 18.7 Å². The Bertz CT molecular complexity index is 736. The van der Waals surface area contributed by atoms with Crippen molar-refractivity contribution in [2.45, 2.75) is 25.4 Å². The lowest BCUT2D eigenvalue weighted by Crippen LogP contribution is -2.31. The third-order valence-electron chi connectivity index (χ3n) is 4.05. The molecule has 0 heterocycles. The fourth-order valence-electron chi connectivity index (χ4n) is 2.57. The summed E-state index contributed by atoms with van der Waals surface area (Å²) in [6.07, 6.45) is 5.26. The number of rotatable bonds is 6. The summed E-state index contributed by atoms with van der Waals surface area (Å²) in [6.45, 7) is 0.570. The van der Waals surface area contributed by atoms with E-state index in [1.165, 1.54) is 18.2 Å². The Balaban J connectivity index is 1.69. The van der Waals surface area contributed by atoms with Crippen molar-refractivity contribution in [2.75, 3.05) is 7.11 Å². The van der Waals surface area contributed by atoms with Gasteiger partial charge in [0.15, 0.2) is 0 Å². The first-order chi connectivity index (χ1) is 11.7. The summed E-state index contributed by atoms with van der Waals surface area (Å²) in [4.78, 5) is 14.4. The summed E-state index contributed by atoms with van der Waals surface area (Å²) in [5, 5.41) is 0. The lowest BCUT2D eigenvalue weighted by Gasteiger charge is -2.21. The molecule has 1 fully saturated rings. The molecule has 2 aromatic rings. The van der Waals surface area contributed by atoms with Gasteiger partial charge in [-0.05, 0) is 54.3 Å². The van der Waals surface area contributed by atoms with Crippen LogP contribution in [0.3, 0.4) is 0 Å². The number of carbonyl (C=O) groups is 1. The topological polar surface area (TPSA) is 29.5 Å². The molecule has 0 unspecified atom stereocenters. The van der Waals surface area contributed by atoms with Crippen molar-refractivity contribution in [1.82, 2.24) is 4.90 Å². The van der Waals surface area contributed by atoms with E-state index in [1.54, 1.807) is 25.3 Å². The van der Waals surface area contributed by atoms with Crippen LogP contribution in [-0.4, -0.2) is 24.0 Å². The van der Waals surface area contributed by atoms with E-state index >= 15 is 0 Å². The highest BCUT2D eigenvalue weighted by Crippen LogP contribution is 2.29. The molecule has 3 nitrogen and oxygen atoms in total. The van der Waals surface area contributed by atoms with E-state index < -0.39 is 0 Å². The third-order valence-corrected chi connectivity index (χ3v) is 4.05. The number of hydrogen-bond acceptors (Lipinski definition) is 2. The lowest BCUT2D eigenvalue weighted by molar-refractivity contribution is -0.127. The Labute approximate surface area is 141 Å². The zero-order valence-electron chi connectivity index (χ0n) is 13.6. The van der Waals surface area contributed by atoms with Crippen LogP contribution in [0.15, 0.2) is 54.6 Å². The lowest BCUT2D eigenvalue weighted by atomic mass is 10.2. The Morgan fingerprint density at radius 1 is 1.25 bits per heavy atom. The number of hydrogen-bond donors (Lipinski definition) is 0. The van der Waals surface area contributed by atoms with Gasteiger partial charge in [-0.25, -0.2) is 4.39 Å². The monoisotopic (exact) mass is 325 g/mol. The van der Waals surface area contributed by atoms with E-state index in [0.29, 0.717) is 18.2 Å². The van der Waals surface area contributed by atoms with Crippen LogP contribution in [0.4, 0.5) is 4.39 Å². The molecule has 3 rings (SSSR count). The second-order valence-corrected chi connectivity index (χ2v) is 5.93. The molecule has 1 aliphatic rings. The first-order valence-corrected chi connectivity index (χ1v) is 8.03. The highest BCUT2D eigenvalue weighted by molar-refractivity contribution is 5.92. The average Bonchev–Trinajstić information content (AvgIpc) is 3.43. The smallest absolute Gasteiger partial charge is 0.247 e. The van der Waals surface area contributed by atoms with Gasteiger partial charge < -0.3 is 9.64 Å². The van der Waals surface area contributed by atoms with Crippen LogP contribution in [-0.2, 0) is 11.3 Å². The molecule has 0 N–H and O–H groups in total. The predicted octanol–water partition coefficient (Wildman–Crippen LogP) is 4.04. The Morgan fingerprint density at radius 2 is 2.00 bits per heavy atom. The molecule has 2 aromatic carbocycles. The molecule has 0 saturated heterocycles. The number of nitrogens with zero attached hydrogens (tertiary/aromatic N) is 1. The van der Waals surface area contributed by atoms with Crippen molar-refractivity contribution in [3.05, 3.63) is 71.6 Å². The van der Waals surface area contributed by atoms with E-state index in [2.05, 4.69) is 0 Å². The summed E-state index contributed by atoms with van der Waals surface area (Å²) in [5.74, 6) is 0.452. The van der Waals surface area contributed by atoms with Crippen molar-refractivity contribution in [2.24, 2.45) is 0 Å². The minimum atomic E-state index is -0.304. The van der Waals surface area contributed by atoms with Gasteiger partial charge in [0.25, 0.3) is 0 Å². The van der Waals surface area contributed by atoms with E-state index in [-0.39, 0.29) is 11.7 Å². The molecule has 0 atom stereocenters. The highest BCUT2D eigenvalue weighted by Gasteiger charge is 2.31. The van der Waals surface area contributed by atoms with Crippen molar-refractivity contribution >= 4 is 12.0 Å². The van der Waals surface area contributed by atoms with E-state index in [4.69, 9.17) is 4.74 Å². The van der Waals surface area contributed by atoms with Crippen LogP contribution in [0.5, 0.6) is 5.75 Å². The quantitative estimate of drug-likeness (QED) is 0.750. The first-order valence-electron chi connectivity index (χ1n) is 8.03. The van der Waals surface area contributed by atoms with Gasteiger partial charge in [0.1, 0.15) is 11.6 Å². The Hall–Kier alpha value is -2.62. The summed E-state index contributed by atoms with van der Waals surface area (Å²) in [7, 11) is 1.63. The number of amides is 1. The van der Waals surface area contributed by atoms with Gasteiger partial charge in [0.2, 0.25) is 5.91 Å². The van der Waals surface area contributed by atoms with Crippen molar-refractivity contribution in [3.63, 3.8) is 0 Å². The number of methoxy groups -OCH3 is 1. The molecule has 1 saturated carbocycles. The maximum Gasteiger partial charge on any atom is 0.247 e. The van der Waals surface area contributed by atoms with Crippen LogP contribution in [0.2, 0.25) is 0 Å². The normalized spacial score (nSPS) is 13.9. The van der Waals surface area contributed by atoms with Crippen molar-refractivity contribution in [1.29, 1.82) is 0 Å². The van der Waals surface area contributed by atoms with Gasteiger partial charge >= 0.3 is 0 Å². The molecule has 0 aliphatic heterocycles. The molecule has 4 heteroatoms. The summed E-state index contributed by atoms with van der Waals surface area (Å²) >= 11 is 0. The van der Waals surface area contributed by atoms with Crippen LogP contribution in [0.1, 0.15) is 24.0 Å². The van der Waals surface area contributed by atoms with E-state index in [9.17, 15) is 9.18 Å². The minimum absolute atomic E-state index is 0.0439. The van der Waals surface area contributed by atoms with Crippen LogP contribution < -0.4 is 4.74 Å². The van der Waals surface area contributed by atoms with Gasteiger partial charge in [0.05, 0.1) is 7.11 Å². The molecule has 24 heavy (non-hydrogen) atoms. The number of halogens is 1. The second kappa shape index (κ2) is 7.30. The van der Waals surface area contributed by atoms with Crippen LogP contribution in [0.25, 0.3) is 6.08 Å². The zero-order chi connectivity index (χ0) is 16.9. The van der Waals surface area contributed by atoms with Gasteiger partial charge in [-0.2, -0.15) is 0 Å². The molecule has 124 valence electrons. The highest BCUT2D eigenvalue weighted by atomic mass is 19.1. The molecule has 0 bridgehead atoms. The van der Waals surface area contributed by atoms with Crippen molar-refractivity contribution < 1.29 is 13.9 Å². The SMILES string of the molecule is COc1ccc(CN(C(=O)/C=C/c2cccc(F)c2)C2CC2)cc1. The standard InChI is InChI=1S/C20H20FNO2/c1-24-19-10-5-16(6-11-19)14-22(18-8-9-18)20(23)12-7-15-3-2-4-17(21)13-15/h2-7,10-13,18H,8-9,14H2,1H3/b12-7+. The van der Waals surface area contributed by atoms with E-state index in [0.717, 1.165) is 24.2 Å². The molecule has 0 aromatic heterocycles. The van der Waals surface area contributed by atoms with Crippen molar-refractivity contribution in [3.8, 4) is 5.75 Å². The minimum Gasteiger partial charge on any atom is -0.497 e. The fraction of sp³-hybridized carbons (Fsp3) is 0.250. The fourth-order valence-corrected chi connectivity index (χ4v) is 2.57. The third kappa shape index (κ3) is 4.22. The molecule has 1 amide bonds. The average molecular weight is 325 g/mol. The molecule has 1 aliphatic carbocycles. The maximum absolute atomic E-state index is 13.2. The first kappa shape index (κ1) is 16.2. The van der Waals surface area contributed by atoms with E-state index in [1.807, 2.05) is 29.2 Å². The van der Waals surface area contributed by atoms with Gasteiger partial charge in [-0.1, -0.05) is 24.3 Å². The molecular formula is C20H20FNO2. The van der Waals surface area contributed by atoms with Crippen LogP contribution >= 0.6 is 0 Å². The Kier molecular flexibility index (Phi) is 4.94. The second-order valence-electron chi connectivity index (χ2n) is 5.93. The maximum atomic E-state index is 13.2. The number of benzene rings is 2. The number of carbonyl (C=O) groups excluding carboxylic acids is 1. The summed E-state index contributed by atoms with van der Waals surface area (Å²) < 4.78 is 18.4. The molecule has 0 radical (unpaired) electrons.